The normalized spacial score (nSPS) is 13.5. The number of ether oxygens (including phenoxy) is 1. The highest BCUT2D eigenvalue weighted by molar-refractivity contribution is 5.76. The molecule has 0 aliphatic rings. The highest BCUT2D eigenvalue weighted by atomic mass is 19.4. The number of nitrogens with zero attached hydrogens (tertiary/aromatic N) is 2. The topological polar surface area (TPSA) is 53.0 Å². The third kappa shape index (κ3) is 5.82. The minimum Gasteiger partial charge on any atom is -0.369 e. The number of amides is 1. The van der Waals surface area contributed by atoms with E-state index in [4.69, 9.17) is 4.74 Å². The minimum atomic E-state index is -5.96. The van der Waals surface area contributed by atoms with Gasteiger partial charge in [0.05, 0.1) is 12.6 Å². The van der Waals surface area contributed by atoms with Crippen LogP contribution >= 0.6 is 0 Å². The van der Waals surface area contributed by atoms with Crippen LogP contribution in [0, 0.1) is 0 Å². The molecule has 0 heterocycles. The molecule has 0 saturated heterocycles. The monoisotopic (exact) mass is 492 g/mol. The molecule has 0 bridgehead atoms. The molecule has 1 amide bonds. The lowest BCUT2D eigenvalue weighted by atomic mass is 9.92. The zero-order chi connectivity index (χ0) is 25.7. The van der Waals surface area contributed by atoms with Crippen LogP contribution in [0.1, 0.15) is 24.1 Å². The van der Waals surface area contributed by atoms with Crippen LogP contribution in [0.5, 0.6) is 0 Å². The quantitative estimate of drug-likeness (QED) is 0.517. The third-order valence-corrected chi connectivity index (χ3v) is 5.34. The molecular weight excluding hydrogens is 466 g/mol. The number of anilines is 1. The fourth-order valence-electron chi connectivity index (χ4n) is 3.39. The van der Waals surface area contributed by atoms with Gasteiger partial charge >= 0.3 is 12.4 Å². The van der Waals surface area contributed by atoms with Crippen LogP contribution in [-0.4, -0.2) is 62.1 Å². The molecule has 11 heteroatoms. The maximum Gasteiger partial charge on any atom is 0.430 e. The van der Waals surface area contributed by atoms with Gasteiger partial charge in [-0.3, -0.25) is 4.79 Å². The van der Waals surface area contributed by atoms with Crippen molar-refractivity contribution >= 4 is 11.6 Å². The largest absolute Gasteiger partial charge is 0.430 e. The second kappa shape index (κ2) is 10.6. The first-order valence-electron chi connectivity index (χ1n) is 10.3. The van der Waals surface area contributed by atoms with Gasteiger partial charge in [-0.05, 0) is 24.6 Å². The van der Waals surface area contributed by atoms with Crippen molar-refractivity contribution in [2.45, 2.75) is 30.9 Å². The van der Waals surface area contributed by atoms with Crippen molar-refractivity contribution in [3.05, 3.63) is 65.7 Å². The van der Waals surface area contributed by atoms with Gasteiger partial charge in [0.15, 0.2) is 0 Å². The molecule has 0 spiro atoms. The smallest absolute Gasteiger partial charge is 0.369 e. The predicted octanol–water partition coefficient (Wildman–Crippen LogP) is 4.67. The molecule has 0 aromatic heterocycles. The Morgan fingerprint density at radius 2 is 1.47 bits per heavy atom. The van der Waals surface area contributed by atoms with Gasteiger partial charge in [0.25, 0.3) is 5.60 Å². The summed E-state index contributed by atoms with van der Waals surface area (Å²) in [5, 5.41) is 9.62. The van der Waals surface area contributed by atoms with E-state index in [0.29, 0.717) is 24.4 Å². The standard InChI is InChI=1S/C23H26F6N2O3/c1-4-31(19(16-8-6-5-7-9-16)14-34-15-20(32)30(2)3)18-12-10-17(11-13-18)21(33,22(24,25)26)23(27,28)29/h5-13,19,33H,4,14-15H2,1-3H3. The van der Waals surface area contributed by atoms with E-state index >= 15 is 0 Å². The van der Waals surface area contributed by atoms with Crippen molar-refractivity contribution in [1.29, 1.82) is 0 Å². The molecule has 188 valence electrons. The molecule has 1 atom stereocenters. The lowest BCUT2D eigenvalue weighted by Gasteiger charge is -2.35. The molecule has 0 aliphatic carbocycles. The third-order valence-electron chi connectivity index (χ3n) is 5.34. The van der Waals surface area contributed by atoms with Crippen LogP contribution in [0.2, 0.25) is 0 Å². The number of rotatable bonds is 9. The summed E-state index contributed by atoms with van der Waals surface area (Å²) in [5.74, 6) is -0.266. The number of alkyl halides is 6. The van der Waals surface area contributed by atoms with E-state index in [-0.39, 0.29) is 19.1 Å². The zero-order valence-electron chi connectivity index (χ0n) is 18.8. The van der Waals surface area contributed by atoms with E-state index in [2.05, 4.69) is 0 Å². The average Bonchev–Trinajstić information content (AvgIpc) is 2.77. The van der Waals surface area contributed by atoms with Crippen molar-refractivity contribution in [3.63, 3.8) is 0 Å². The Labute approximate surface area is 193 Å². The lowest BCUT2D eigenvalue weighted by molar-refractivity contribution is -0.376. The number of aliphatic hydroxyl groups is 1. The summed E-state index contributed by atoms with van der Waals surface area (Å²) in [6.45, 7) is 1.93. The van der Waals surface area contributed by atoms with Gasteiger partial charge in [-0.2, -0.15) is 26.3 Å². The first-order valence-corrected chi connectivity index (χ1v) is 10.3. The summed E-state index contributed by atoms with van der Waals surface area (Å²) in [6, 6.07) is 11.8. The summed E-state index contributed by atoms with van der Waals surface area (Å²) in [7, 11) is 3.15. The van der Waals surface area contributed by atoms with Gasteiger partial charge in [0, 0.05) is 31.9 Å². The summed E-state index contributed by atoms with van der Waals surface area (Å²) in [5.41, 5.74) is -5.25. The maximum atomic E-state index is 13.2. The van der Waals surface area contributed by atoms with Crippen molar-refractivity contribution < 1.29 is 41.0 Å². The highest BCUT2D eigenvalue weighted by Crippen LogP contribution is 2.50. The molecule has 5 nitrogen and oxygen atoms in total. The van der Waals surface area contributed by atoms with E-state index < -0.39 is 29.6 Å². The number of benzene rings is 2. The lowest BCUT2D eigenvalue weighted by Crippen LogP contribution is -2.53. The molecule has 2 rings (SSSR count). The van der Waals surface area contributed by atoms with Gasteiger partial charge in [-0.15, -0.1) is 0 Å². The van der Waals surface area contributed by atoms with Gasteiger partial charge in [-0.1, -0.05) is 42.5 Å². The van der Waals surface area contributed by atoms with Gasteiger partial charge in [-0.25, -0.2) is 0 Å². The Hall–Kier alpha value is -2.79. The van der Waals surface area contributed by atoms with E-state index in [1.807, 2.05) is 0 Å². The van der Waals surface area contributed by atoms with E-state index in [1.54, 1.807) is 56.3 Å². The van der Waals surface area contributed by atoms with Crippen LogP contribution in [0.25, 0.3) is 0 Å². The van der Waals surface area contributed by atoms with Crippen molar-refractivity contribution in [2.24, 2.45) is 0 Å². The van der Waals surface area contributed by atoms with Crippen LogP contribution < -0.4 is 4.90 Å². The Balaban J connectivity index is 2.40. The predicted molar refractivity (Wildman–Crippen MR) is 114 cm³/mol. The number of carbonyl (C=O) groups is 1. The first kappa shape index (κ1) is 27.5. The fraction of sp³-hybridized carbons (Fsp3) is 0.435. The van der Waals surface area contributed by atoms with Crippen molar-refractivity contribution in [2.75, 3.05) is 38.8 Å². The summed E-state index contributed by atoms with van der Waals surface area (Å²) >= 11 is 0. The fourth-order valence-corrected chi connectivity index (χ4v) is 3.39. The van der Waals surface area contributed by atoms with Gasteiger partial charge in [0.1, 0.15) is 6.61 Å². The van der Waals surface area contributed by atoms with Crippen LogP contribution in [0.3, 0.4) is 0 Å². The molecule has 0 radical (unpaired) electrons. The Morgan fingerprint density at radius 1 is 0.941 bits per heavy atom. The zero-order valence-corrected chi connectivity index (χ0v) is 18.8. The second-order valence-corrected chi connectivity index (χ2v) is 7.77. The molecule has 1 unspecified atom stereocenters. The molecule has 1 N–H and O–H groups in total. The molecule has 0 aliphatic heterocycles. The summed E-state index contributed by atoms with van der Waals surface area (Å²) < 4.78 is 84.7. The number of hydrogen-bond acceptors (Lipinski definition) is 4. The molecule has 2 aromatic carbocycles. The van der Waals surface area contributed by atoms with Crippen molar-refractivity contribution in [3.8, 4) is 0 Å². The van der Waals surface area contributed by atoms with Crippen LogP contribution in [0.4, 0.5) is 32.0 Å². The van der Waals surface area contributed by atoms with E-state index in [9.17, 15) is 36.2 Å². The highest BCUT2D eigenvalue weighted by Gasteiger charge is 2.71. The number of halogens is 6. The first-order chi connectivity index (χ1) is 15.7. The maximum absolute atomic E-state index is 13.2. The van der Waals surface area contributed by atoms with Crippen molar-refractivity contribution in [1.82, 2.24) is 4.90 Å². The minimum absolute atomic E-state index is 0.0359. The molecule has 0 fully saturated rings. The van der Waals surface area contributed by atoms with Gasteiger partial charge < -0.3 is 19.6 Å². The Morgan fingerprint density at radius 3 is 1.91 bits per heavy atom. The summed E-state index contributed by atoms with van der Waals surface area (Å²) in [4.78, 5) is 14.9. The molecule has 0 saturated carbocycles. The molecule has 34 heavy (non-hydrogen) atoms. The number of hydrogen-bond donors (Lipinski definition) is 1. The number of carbonyl (C=O) groups excluding carboxylic acids is 1. The van der Waals surface area contributed by atoms with Crippen LogP contribution in [0.15, 0.2) is 54.6 Å². The average molecular weight is 492 g/mol. The number of likely N-dealkylation sites (N-methyl/N-ethyl adjacent to an activating group) is 2. The second-order valence-electron chi connectivity index (χ2n) is 7.77. The van der Waals surface area contributed by atoms with E-state index in [1.165, 1.54) is 4.90 Å². The van der Waals surface area contributed by atoms with Crippen LogP contribution in [-0.2, 0) is 15.1 Å². The molecule has 2 aromatic rings. The van der Waals surface area contributed by atoms with Gasteiger partial charge in [0.2, 0.25) is 5.91 Å². The summed E-state index contributed by atoms with van der Waals surface area (Å²) in [6.07, 6.45) is -11.9. The Bertz CT molecular complexity index is 916. The SMILES string of the molecule is CCN(c1ccc(C(O)(C(F)(F)F)C(F)(F)F)cc1)C(COCC(=O)N(C)C)c1ccccc1. The van der Waals surface area contributed by atoms with E-state index in [0.717, 1.165) is 17.7 Å². The molecular formula is C23H26F6N2O3. The Kier molecular flexibility index (Phi) is 8.59.